The van der Waals surface area contributed by atoms with E-state index in [0.29, 0.717) is 0 Å². The van der Waals surface area contributed by atoms with E-state index < -0.39 is 10.2 Å². The molecule has 3 aromatic rings. The Morgan fingerprint density at radius 2 is 1.32 bits per heavy atom. The molecule has 7 nitrogen and oxygen atoms in total. The fourth-order valence-corrected chi connectivity index (χ4v) is 2.13. The summed E-state index contributed by atoms with van der Waals surface area (Å²) in [6.45, 7) is 0. The maximum atomic E-state index is 8.49. The fraction of sp³-hybridized carbons (Fsp3) is 0.0588. The second-order valence-electron chi connectivity index (χ2n) is 4.89. The van der Waals surface area contributed by atoms with E-state index in [0.717, 1.165) is 28.5 Å². The van der Waals surface area contributed by atoms with E-state index in [1.807, 2.05) is 43.4 Å². The number of halogens is 1. The smallest absolute Gasteiger partial charge is 0.277 e. The minimum atomic E-state index is -4.94. The van der Waals surface area contributed by atoms with Gasteiger partial charge in [0.1, 0.15) is 5.69 Å². The van der Waals surface area contributed by atoms with Gasteiger partial charge in [0.2, 0.25) is 0 Å². The van der Waals surface area contributed by atoms with Gasteiger partial charge in [0.15, 0.2) is 5.69 Å². The molecule has 2 N–H and O–H groups in total. The Morgan fingerprint density at radius 3 is 1.80 bits per heavy atom. The third kappa shape index (κ3) is 6.46. The molecular weight excluding hydrogens is 346 g/mol. The van der Waals surface area contributed by atoms with Gasteiger partial charge in [-0.05, 0) is 0 Å². The summed E-state index contributed by atoms with van der Waals surface area (Å²) in [6, 6.07) is 22.5. The van der Waals surface area contributed by atoms with E-state index in [-0.39, 0.29) is 0 Å². The molecule has 0 aliphatic carbocycles. The third-order valence-electron chi connectivity index (χ3n) is 3.16. The first-order chi connectivity index (χ1) is 11.9. The molecule has 0 amide bonds. The molecule has 0 saturated carbocycles. The number of benzene rings is 2. The molecule has 1 heterocycles. The van der Waals surface area contributed by atoms with Crippen molar-refractivity contribution in [2.45, 2.75) is 0 Å². The van der Waals surface area contributed by atoms with Gasteiger partial charge in [-0.1, -0.05) is 65.6 Å². The molecule has 0 aliphatic rings. The lowest BCUT2D eigenvalue weighted by atomic mass is 10.1. The molecule has 0 saturated heterocycles. The zero-order chi connectivity index (χ0) is 18.3. The molecule has 1 aromatic heterocycles. The second-order valence-corrected chi connectivity index (χ2v) is 5.64. The van der Waals surface area contributed by atoms with E-state index in [2.05, 4.69) is 45.6 Å². The van der Waals surface area contributed by atoms with Crippen LogP contribution in [0.3, 0.4) is 0 Å². The predicted octanol–water partition coefficient (Wildman–Crippen LogP) is -1.48. The van der Waals surface area contributed by atoms with Crippen molar-refractivity contribution in [2.75, 3.05) is 12.4 Å². The quantitative estimate of drug-likeness (QED) is 0.605. The Balaban J connectivity index is 0.000000399. The molecule has 0 unspecified atom stereocenters. The summed E-state index contributed by atoms with van der Waals surface area (Å²) < 4.78 is 34.0. The highest BCUT2D eigenvalue weighted by Gasteiger charge is 2.12. The van der Waals surface area contributed by atoms with Crippen LogP contribution in [0, 0.1) is 10.2 Å². The molecule has 0 fully saturated rings. The first-order valence-electron chi connectivity index (χ1n) is 7.21. The van der Waals surface area contributed by atoms with Crippen molar-refractivity contribution in [3.63, 3.8) is 0 Å². The van der Waals surface area contributed by atoms with Crippen molar-refractivity contribution < 1.29 is 33.9 Å². The van der Waals surface area contributed by atoms with Crippen LogP contribution in [0.2, 0.25) is 0 Å². The summed E-state index contributed by atoms with van der Waals surface area (Å²) in [5, 5.41) is 3.08. The van der Waals surface area contributed by atoms with Gasteiger partial charge in [0.25, 0.3) is 0 Å². The minimum absolute atomic E-state index is 0.755. The molecule has 25 heavy (non-hydrogen) atoms. The lowest BCUT2D eigenvalue weighted by Gasteiger charge is -2.17. The van der Waals surface area contributed by atoms with Gasteiger partial charge in [-0.25, -0.2) is 23.6 Å². The molecule has 0 aliphatic heterocycles. The standard InChI is InChI=1S/C17H15N3.ClHO4/c1-18-17-19-15(13-8-4-2-5-9-13)12-16(20-17)14-10-6-3-7-11-14;2-1(3,4)5/h2-12H,1H3,(H,18,19,20);(H,2,3,4,5). The average Bonchev–Trinajstić information content (AvgIpc) is 2.61. The number of nitrogens with one attached hydrogen (secondary N) is 2. The first-order valence-corrected chi connectivity index (χ1v) is 8.45. The van der Waals surface area contributed by atoms with Crippen LogP contribution in [-0.2, 0) is 0 Å². The molecule has 0 radical (unpaired) electrons. The van der Waals surface area contributed by atoms with Gasteiger partial charge in [-0.3, -0.25) is 5.32 Å². The number of hydrogen-bond donors (Lipinski definition) is 1. The first kappa shape index (κ1) is 18.8. The fourth-order valence-electron chi connectivity index (χ4n) is 2.13. The highest BCUT2D eigenvalue weighted by atomic mass is 35.7. The topological polar surface area (TPSA) is 131 Å². The number of H-pyrrole nitrogens is 1. The summed E-state index contributed by atoms with van der Waals surface area (Å²) in [5.41, 5.74) is 4.25. The number of anilines is 1. The average molecular weight is 362 g/mol. The minimum Gasteiger partial charge on any atom is -0.277 e. The van der Waals surface area contributed by atoms with Crippen molar-refractivity contribution >= 4 is 5.95 Å². The maximum Gasteiger partial charge on any atom is 0.390 e. The molecule has 130 valence electrons. The molecule has 0 bridgehead atoms. The summed E-state index contributed by atoms with van der Waals surface area (Å²) >= 11 is 0. The number of rotatable bonds is 3. The molecule has 8 heteroatoms. The number of aromatic nitrogens is 2. The maximum absolute atomic E-state index is 8.49. The normalized spacial score (nSPS) is 10.6. The van der Waals surface area contributed by atoms with Crippen LogP contribution in [0.4, 0.5) is 5.95 Å². The molecule has 0 atom stereocenters. The van der Waals surface area contributed by atoms with Crippen LogP contribution in [0.5, 0.6) is 0 Å². The van der Waals surface area contributed by atoms with E-state index in [1.54, 1.807) is 0 Å². The van der Waals surface area contributed by atoms with E-state index in [1.165, 1.54) is 0 Å². The predicted molar refractivity (Wildman–Crippen MR) is 81.2 cm³/mol. The second kappa shape index (κ2) is 8.52. The highest BCUT2D eigenvalue weighted by molar-refractivity contribution is 5.66. The Bertz CT molecular complexity index is 732. The molecule has 2 aromatic carbocycles. The van der Waals surface area contributed by atoms with E-state index in [4.69, 9.17) is 18.6 Å². The highest BCUT2D eigenvalue weighted by Crippen LogP contribution is 2.22. The summed E-state index contributed by atoms with van der Waals surface area (Å²) in [5.74, 6) is 0.755. The van der Waals surface area contributed by atoms with Crippen LogP contribution in [-0.4, -0.2) is 12.0 Å². The van der Waals surface area contributed by atoms with Crippen molar-refractivity contribution in [1.82, 2.24) is 4.98 Å². The molecule has 3 rings (SSSR count). The number of nitrogens with zero attached hydrogens (tertiary/aromatic N) is 1. The van der Waals surface area contributed by atoms with Crippen molar-refractivity contribution in [3.05, 3.63) is 66.7 Å². The number of aromatic amines is 1. The lowest BCUT2D eigenvalue weighted by molar-refractivity contribution is -2.00. The summed E-state index contributed by atoms with van der Waals surface area (Å²) in [6.07, 6.45) is 0. The van der Waals surface area contributed by atoms with Gasteiger partial charge < -0.3 is 0 Å². The van der Waals surface area contributed by atoms with Gasteiger partial charge in [-0.2, -0.15) is 0 Å². The van der Waals surface area contributed by atoms with E-state index in [9.17, 15) is 0 Å². The Kier molecular flexibility index (Phi) is 6.40. The zero-order valence-electron chi connectivity index (χ0n) is 13.3. The third-order valence-corrected chi connectivity index (χ3v) is 3.16. The van der Waals surface area contributed by atoms with Gasteiger partial charge in [-0.15, -0.1) is 10.2 Å². The van der Waals surface area contributed by atoms with Crippen LogP contribution in [0.15, 0.2) is 66.7 Å². The van der Waals surface area contributed by atoms with E-state index >= 15 is 0 Å². The SMILES string of the molecule is CNc1nc(-c2ccccc2)cc(-c2ccccc2)[nH+]1.[O-][Cl+3]([O-])([O-])[O-]. The van der Waals surface area contributed by atoms with Crippen molar-refractivity contribution in [3.8, 4) is 22.5 Å². The van der Waals surface area contributed by atoms with Crippen LogP contribution < -0.4 is 28.9 Å². The lowest BCUT2D eigenvalue weighted by Crippen LogP contribution is -2.68. The van der Waals surface area contributed by atoms with Gasteiger partial charge in [0, 0.05) is 17.2 Å². The Morgan fingerprint density at radius 1 is 0.840 bits per heavy atom. The zero-order valence-corrected chi connectivity index (χ0v) is 14.1. The van der Waals surface area contributed by atoms with Gasteiger partial charge in [0.05, 0.1) is 7.05 Å². The van der Waals surface area contributed by atoms with Crippen LogP contribution >= 0.6 is 0 Å². The largest absolute Gasteiger partial charge is 0.390 e. The summed E-state index contributed by atoms with van der Waals surface area (Å²) in [7, 11) is -3.08. The van der Waals surface area contributed by atoms with Crippen LogP contribution in [0.25, 0.3) is 22.5 Å². The summed E-state index contributed by atoms with van der Waals surface area (Å²) in [4.78, 5) is 7.88. The number of hydrogen-bond acceptors (Lipinski definition) is 6. The van der Waals surface area contributed by atoms with Crippen LogP contribution in [0.1, 0.15) is 0 Å². The van der Waals surface area contributed by atoms with Crippen molar-refractivity contribution in [2.24, 2.45) is 0 Å². The van der Waals surface area contributed by atoms with Crippen molar-refractivity contribution in [1.29, 1.82) is 0 Å². The monoisotopic (exact) mass is 361 g/mol. The molecular formula is C17H16ClN3O4. The molecule has 0 spiro atoms. The van der Waals surface area contributed by atoms with Gasteiger partial charge >= 0.3 is 5.95 Å². The Labute approximate surface area is 147 Å². The Hall–Kier alpha value is -2.55.